The Balaban J connectivity index is 1.52. The van der Waals surface area contributed by atoms with Gasteiger partial charge in [0.1, 0.15) is 12.4 Å². The van der Waals surface area contributed by atoms with Crippen molar-refractivity contribution < 1.29 is 4.74 Å². The second-order valence-corrected chi connectivity index (χ2v) is 8.03. The van der Waals surface area contributed by atoms with Crippen molar-refractivity contribution in [1.82, 2.24) is 18.7 Å². The van der Waals surface area contributed by atoms with Gasteiger partial charge in [-0.05, 0) is 41.8 Å². The first-order valence-corrected chi connectivity index (χ1v) is 11.2. The fourth-order valence-electron chi connectivity index (χ4n) is 3.62. The molecule has 9 heteroatoms. The molecule has 176 valence electrons. The Morgan fingerprint density at radius 1 is 1.03 bits per heavy atom. The molecule has 0 atom stereocenters. The third kappa shape index (κ3) is 4.78. The molecule has 4 aromatic rings. The molecule has 0 spiro atoms. The molecule has 34 heavy (non-hydrogen) atoms. The molecule has 0 fully saturated rings. The number of imidazole rings is 1. The van der Waals surface area contributed by atoms with E-state index in [0.29, 0.717) is 30.3 Å². The molecule has 0 aliphatic rings. The molecule has 0 amide bonds. The lowest BCUT2D eigenvalue weighted by atomic mass is 10.2. The number of hydrogen-bond acceptors (Lipinski definition) is 6. The van der Waals surface area contributed by atoms with Gasteiger partial charge in [0.2, 0.25) is 5.95 Å². The molecular formula is C25H28N6O3. The number of aryl methyl sites for hydroxylation is 2. The van der Waals surface area contributed by atoms with Crippen LogP contribution in [0.5, 0.6) is 5.75 Å². The van der Waals surface area contributed by atoms with Crippen molar-refractivity contribution in [2.24, 2.45) is 19.2 Å². The third-order valence-corrected chi connectivity index (χ3v) is 5.59. The summed E-state index contributed by atoms with van der Waals surface area (Å²) in [6.07, 6.45) is 3.48. The zero-order valence-corrected chi connectivity index (χ0v) is 19.6. The summed E-state index contributed by atoms with van der Waals surface area (Å²) < 4.78 is 10.1. The number of fused-ring (bicyclic) bond motifs is 1. The molecule has 2 heterocycles. The van der Waals surface area contributed by atoms with Crippen molar-refractivity contribution >= 4 is 23.3 Å². The first-order valence-electron chi connectivity index (χ1n) is 11.2. The molecule has 0 bridgehead atoms. The lowest BCUT2D eigenvalue weighted by Crippen LogP contribution is -2.37. The molecule has 1 N–H and O–H groups in total. The lowest BCUT2D eigenvalue weighted by molar-refractivity contribution is 0.306. The van der Waals surface area contributed by atoms with Crippen molar-refractivity contribution in [2.45, 2.75) is 32.9 Å². The number of rotatable bonds is 9. The number of nitrogens with one attached hydrogen (secondary N) is 1. The summed E-state index contributed by atoms with van der Waals surface area (Å²) in [6, 6.07) is 17.6. The van der Waals surface area contributed by atoms with Gasteiger partial charge >= 0.3 is 5.69 Å². The SMILES string of the molecule is CCCCn1c(N/N=C\c2ccc(OCc3ccccc3)cc2)nc2c1c(=O)n(C)c(=O)n2C. The number of ether oxygens (including phenoxy) is 1. The van der Waals surface area contributed by atoms with E-state index in [2.05, 4.69) is 22.4 Å². The van der Waals surface area contributed by atoms with Crippen LogP contribution in [0.15, 0.2) is 69.3 Å². The van der Waals surface area contributed by atoms with Crippen LogP contribution in [0.2, 0.25) is 0 Å². The molecule has 2 aromatic carbocycles. The van der Waals surface area contributed by atoms with Gasteiger partial charge in [-0.3, -0.25) is 13.9 Å². The highest BCUT2D eigenvalue weighted by atomic mass is 16.5. The van der Waals surface area contributed by atoms with Crippen molar-refractivity contribution in [3.05, 3.63) is 86.6 Å². The monoisotopic (exact) mass is 460 g/mol. The topological polar surface area (TPSA) is 95.4 Å². The Bertz CT molecular complexity index is 1420. The standard InChI is InChI=1S/C25H28N6O3/c1-4-5-15-31-21-22(29(2)25(33)30(3)23(21)32)27-24(31)28-26-16-18-11-13-20(14-12-18)34-17-19-9-7-6-8-10-19/h6-14,16H,4-5,15,17H2,1-3H3,(H,27,28)/b26-16-. The van der Waals surface area contributed by atoms with Crippen LogP contribution in [0.3, 0.4) is 0 Å². The van der Waals surface area contributed by atoms with E-state index >= 15 is 0 Å². The summed E-state index contributed by atoms with van der Waals surface area (Å²) in [7, 11) is 3.08. The summed E-state index contributed by atoms with van der Waals surface area (Å²) in [6.45, 7) is 3.17. The molecule has 0 saturated heterocycles. The summed E-state index contributed by atoms with van der Waals surface area (Å²) in [5.74, 6) is 1.19. The van der Waals surface area contributed by atoms with Gasteiger partial charge in [-0.25, -0.2) is 10.2 Å². The number of unbranched alkanes of at least 4 members (excludes halogenated alkanes) is 1. The molecule has 2 aromatic heterocycles. The minimum absolute atomic E-state index is 0.335. The molecular weight excluding hydrogens is 432 g/mol. The van der Waals surface area contributed by atoms with E-state index < -0.39 is 5.69 Å². The highest BCUT2D eigenvalue weighted by Gasteiger charge is 2.18. The fraction of sp³-hybridized carbons (Fsp3) is 0.280. The first kappa shape index (κ1) is 23.0. The zero-order chi connectivity index (χ0) is 24.1. The van der Waals surface area contributed by atoms with E-state index in [1.54, 1.807) is 17.8 Å². The Kier molecular flexibility index (Phi) is 6.91. The number of anilines is 1. The van der Waals surface area contributed by atoms with Gasteiger partial charge in [-0.2, -0.15) is 10.1 Å². The predicted octanol–water partition coefficient (Wildman–Crippen LogP) is 3.26. The quantitative estimate of drug-likeness (QED) is 0.306. The lowest BCUT2D eigenvalue weighted by Gasteiger charge is -2.08. The van der Waals surface area contributed by atoms with Crippen LogP contribution in [-0.2, 0) is 27.2 Å². The first-order chi connectivity index (χ1) is 16.5. The molecule has 4 rings (SSSR count). The van der Waals surface area contributed by atoms with E-state index in [4.69, 9.17) is 4.74 Å². The minimum atomic E-state index is -0.415. The average molecular weight is 461 g/mol. The average Bonchev–Trinajstić information content (AvgIpc) is 3.23. The number of nitrogens with zero attached hydrogens (tertiary/aromatic N) is 5. The fourth-order valence-corrected chi connectivity index (χ4v) is 3.62. The van der Waals surface area contributed by atoms with Gasteiger partial charge in [0.25, 0.3) is 5.56 Å². The van der Waals surface area contributed by atoms with E-state index in [-0.39, 0.29) is 5.56 Å². The van der Waals surface area contributed by atoms with Crippen LogP contribution in [0.4, 0.5) is 5.95 Å². The Hall–Kier alpha value is -4.14. The maximum absolute atomic E-state index is 12.8. The second-order valence-electron chi connectivity index (χ2n) is 8.03. The van der Waals surface area contributed by atoms with Gasteiger partial charge in [0.15, 0.2) is 11.2 Å². The van der Waals surface area contributed by atoms with Gasteiger partial charge in [0.05, 0.1) is 6.21 Å². The highest BCUT2D eigenvalue weighted by Crippen LogP contribution is 2.17. The van der Waals surface area contributed by atoms with E-state index in [0.717, 1.165) is 34.3 Å². The summed E-state index contributed by atoms with van der Waals surface area (Å²) in [5, 5.41) is 4.31. The second kappa shape index (κ2) is 10.2. The van der Waals surface area contributed by atoms with Crippen molar-refractivity contribution in [3.63, 3.8) is 0 Å². The molecule has 0 radical (unpaired) electrons. The van der Waals surface area contributed by atoms with Gasteiger partial charge < -0.3 is 9.30 Å². The predicted molar refractivity (Wildman–Crippen MR) is 134 cm³/mol. The number of hydrogen-bond donors (Lipinski definition) is 1. The van der Waals surface area contributed by atoms with Crippen molar-refractivity contribution in [1.29, 1.82) is 0 Å². The molecule has 0 aliphatic heterocycles. The minimum Gasteiger partial charge on any atom is -0.489 e. The van der Waals surface area contributed by atoms with Crippen LogP contribution in [0.25, 0.3) is 11.2 Å². The normalized spacial score (nSPS) is 11.4. The number of benzene rings is 2. The van der Waals surface area contributed by atoms with Crippen LogP contribution in [-0.4, -0.2) is 24.9 Å². The van der Waals surface area contributed by atoms with E-state index in [1.165, 1.54) is 11.6 Å². The largest absolute Gasteiger partial charge is 0.489 e. The Morgan fingerprint density at radius 3 is 2.47 bits per heavy atom. The highest BCUT2D eigenvalue weighted by molar-refractivity contribution is 5.80. The number of aromatic nitrogens is 4. The Morgan fingerprint density at radius 2 is 1.76 bits per heavy atom. The molecule has 0 saturated carbocycles. The zero-order valence-electron chi connectivity index (χ0n) is 19.6. The van der Waals surface area contributed by atoms with Gasteiger partial charge in [-0.1, -0.05) is 43.7 Å². The van der Waals surface area contributed by atoms with Crippen LogP contribution in [0, 0.1) is 0 Å². The third-order valence-electron chi connectivity index (χ3n) is 5.59. The molecule has 9 nitrogen and oxygen atoms in total. The van der Waals surface area contributed by atoms with Crippen molar-refractivity contribution in [2.75, 3.05) is 5.43 Å². The summed E-state index contributed by atoms with van der Waals surface area (Å²) in [4.78, 5) is 29.6. The van der Waals surface area contributed by atoms with Gasteiger partial charge in [0, 0.05) is 20.6 Å². The summed E-state index contributed by atoms with van der Waals surface area (Å²) >= 11 is 0. The maximum Gasteiger partial charge on any atom is 0.332 e. The molecule has 0 aliphatic carbocycles. The van der Waals surface area contributed by atoms with Crippen LogP contribution in [0.1, 0.15) is 30.9 Å². The van der Waals surface area contributed by atoms with Crippen molar-refractivity contribution in [3.8, 4) is 5.75 Å². The molecule has 0 unspecified atom stereocenters. The Labute approximate surface area is 196 Å². The smallest absolute Gasteiger partial charge is 0.332 e. The summed E-state index contributed by atoms with van der Waals surface area (Å²) in [5.41, 5.74) is 4.86. The van der Waals surface area contributed by atoms with Crippen LogP contribution >= 0.6 is 0 Å². The maximum atomic E-state index is 12.8. The van der Waals surface area contributed by atoms with Crippen LogP contribution < -0.4 is 21.4 Å². The van der Waals surface area contributed by atoms with E-state index in [1.807, 2.05) is 54.6 Å². The number of hydrazone groups is 1. The van der Waals surface area contributed by atoms with Gasteiger partial charge in [-0.15, -0.1) is 0 Å². The van der Waals surface area contributed by atoms with E-state index in [9.17, 15) is 9.59 Å².